The van der Waals surface area contributed by atoms with E-state index in [0.717, 1.165) is 30.0 Å². The summed E-state index contributed by atoms with van der Waals surface area (Å²) < 4.78 is 9.39. The standard InChI is InChI=1S/C26H29ClN2O2S/c1-17-4-11-21(12-5-17)32-29-20-9-6-18(7-10-20)14-15-28-24-22-13-8-19(27)16-23(22)31-26(2,3)25(24)30/h4-13,16,24-25,28-30H,14-15H2,1-3H3. The molecule has 6 heteroatoms. The SMILES string of the molecule is Cc1ccc(SNc2ccc(CCNC3c4ccc(Cl)cc4OC(C)(C)C3O)cc2)cc1. The molecule has 2 unspecified atom stereocenters. The maximum absolute atomic E-state index is 10.9. The molecule has 2 atom stereocenters. The zero-order valence-corrected chi connectivity index (χ0v) is 20.1. The zero-order valence-electron chi connectivity index (χ0n) is 18.6. The fourth-order valence-corrected chi connectivity index (χ4v) is 4.63. The van der Waals surface area contributed by atoms with E-state index in [1.54, 1.807) is 11.9 Å². The molecule has 3 aromatic carbocycles. The van der Waals surface area contributed by atoms with Crippen molar-refractivity contribution in [1.82, 2.24) is 5.32 Å². The molecule has 4 nitrogen and oxygen atoms in total. The van der Waals surface area contributed by atoms with Crippen LogP contribution in [0.1, 0.15) is 36.6 Å². The number of aliphatic hydroxyl groups excluding tert-OH is 1. The highest BCUT2D eigenvalue weighted by atomic mass is 35.5. The summed E-state index contributed by atoms with van der Waals surface area (Å²) in [5, 5.41) is 15.0. The van der Waals surface area contributed by atoms with Crippen molar-refractivity contribution in [3.8, 4) is 5.75 Å². The van der Waals surface area contributed by atoms with E-state index >= 15 is 0 Å². The van der Waals surface area contributed by atoms with Crippen LogP contribution in [0.3, 0.4) is 0 Å². The molecule has 1 aliphatic heterocycles. The number of anilines is 1. The van der Waals surface area contributed by atoms with Crippen LogP contribution in [-0.2, 0) is 6.42 Å². The van der Waals surface area contributed by atoms with Crippen molar-refractivity contribution in [3.63, 3.8) is 0 Å². The van der Waals surface area contributed by atoms with Gasteiger partial charge in [-0.3, -0.25) is 0 Å². The van der Waals surface area contributed by atoms with Gasteiger partial charge in [-0.2, -0.15) is 0 Å². The molecule has 0 saturated carbocycles. The number of aryl methyl sites for hydroxylation is 1. The van der Waals surface area contributed by atoms with Crippen LogP contribution in [0.5, 0.6) is 5.75 Å². The smallest absolute Gasteiger partial charge is 0.131 e. The van der Waals surface area contributed by atoms with Gasteiger partial charge in [0.1, 0.15) is 17.5 Å². The van der Waals surface area contributed by atoms with Gasteiger partial charge < -0.3 is 19.9 Å². The summed E-state index contributed by atoms with van der Waals surface area (Å²) in [6.07, 6.45) is 0.195. The molecule has 0 saturated heterocycles. The molecule has 32 heavy (non-hydrogen) atoms. The number of ether oxygens (including phenoxy) is 1. The van der Waals surface area contributed by atoms with E-state index in [0.29, 0.717) is 5.02 Å². The number of rotatable bonds is 7. The first-order chi connectivity index (χ1) is 15.3. The molecule has 168 valence electrons. The van der Waals surface area contributed by atoms with E-state index in [9.17, 15) is 5.11 Å². The lowest BCUT2D eigenvalue weighted by atomic mass is 9.86. The largest absolute Gasteiger partial charge is 0.485 e. The molecule has 1 heterocycles. The van der Waals surface area contributed by atoms with E-state index in [1.807, 2.05) is 32.0 Å². The molecule has 0 aliphatic carbocycles. The highest BCUT2D eigenvalue weighted by Gasteiger charge is 2.42. The van der Waals surface area contributed by atoms with Crippen molar-refractivity contribution in [2.24, 2.45) is 0 Å². The van der Waals surface area contributed by atoms with Gasteiger partial charge in [-0.05, 0) is 87.6 Å². The molecule has 0 spiro atoms. The summed E-state index contributed by atoms with van der Waals surface area (Å²) in [5.74, 6) is 0.729. The lowest BCUT2D eigenvalue weighted by Crippen LogP contribution is -2.52. The van der Waals surface area contributed by atoms with Crippen molar-refractivity contribution in [2.45, 2.75) is 49.8 Å². The van der Waals surface area contributed by atoms with Crippen molar-refractivity contribution in [1.29, 1.82) is 0 Å². The highest BCUT2D eigenvalue weighted by Crippen LogP contribution is 2.40. The maximum atomic E-state index is 10.9. The number of hydrogen-bond donors (Lipinski definition) is 3. The summed E-state index contributed by atoms with van der Waals surface area (Å²) in [5.41, 5.74) is 3.81. The minimum atomic E-state index is -0.697. The van der Waals surface area contributed by atoms with Crippen LogP contribution in [0.4, 0.5) is 5.69 Å². The summed E-state index contributed by atoms with van der Waals surface area (Å²) in [6.45, 7) is 6.63. The quantitative estimate of drug-likeness (QED) is 0.362. The van der Waals surface area contributed by atoms with Gasteiger partial charge >= 0.3 is 0 Å². The molecule has 0 fully saturated rings. The summed E-state index contributed by atoms with van der Waals surface area (Å²) in [7, 11) is 0. The number of benzene rings is 3. The van der Waals surface area contributed by atoms with Crippen LogP contribution in [-0.4, -0.2) is 23.4 Å². The van der Waals surface area contributed by atoms with E-state index in [1.165, 1.54) is 16.0 Å². The summed E-state index contributed by atoms with van der Waals surface area (Å²) in [4.78, 5) is 1.18. The van der Waals surface area contributed by atoms with E-state index in [2.05, 4.69) is 65.5 Å². The van der Waals surface area contributed by atoms with Crippen LogP contribution in [0.2, 0.25) is 5.02 Å². The Morgan fingerprint density at radius 1 is 1.03 bits per heavy atom. The van der Waals surface area contributed by atoms with Crippen molar-refractivity contribution in [2.75, 3.05) is 11.3 Å². The first-order valence-electron chi connectivity index (χ1n) is 10.8. The van der Waals surface area contributed by atoms with Crippen LogP contribution < -0.4 is 14.8 Å². The lowest BCUT2D eigenvalue weighted by Gasteiger charge is -2.42. The Morgan fingerprint density at radius 3 is 2.47 bits per heavy atom. The Morgan fingerprint density at radius 2 is 1.75 bits per heavy atom. The van der Waals surface area contributed by atoms with Crippen LogP contribution >= 0.6 is 23.5 Å². The fourth-order valence-electron chi connectivity index (χ4n) is 3.83. The Hall–Kier alpha value is -2.18. The zero-order chi connectivity index (χ0) is 22.7. The molecular formula is C26H29ClN2O2S. The van der Waals surface area contributed by atoms with Crippen molar-refractivity contribution >= 4 is 29.2 Å². The third kappa shape index (κ3) is 5.41. The first-order valence-corrected chi connectivity index (χ1v) is 12.0. The number of nitrogens with one attached hydrogen (secondary N) is 2. The van der Waals surface area contributed by atoms with Gasteiger partial charge in [-0.1, -0.05) is 47.5 Å². The number of halogens is 1. The second-order valence-electron chi connectivity index (χ2n) is 8.73. The predicted octanol–water partition coefficient (Wildman–Crippen LogP) is 6.17. The topological polar surface area (TPSA) is 53.5 Å². The predicted molar refractivity (Wildman–Crippen MR) is 134 cm³/mol. The Labute approximate surface area is 199 Å². The monoisotopic (exact) mass is 468 g/mol. The molecule has 0 bridgehead atoms. The van der Waals surface area contributed by atoms with Gasteiger partial charge in [-0.25, -0.2) is 0 Å². The Kier molecular flexibility index (Phi) is 7.01. The van der Waals surface area contributed by atoms with E-state index < -0.39 is 11.7 Å². The molecular weight excluding hydrogens is 440 g/mol. The van der Waals surface area contributed by atoms with Gasteiger partial charge in [0.2, 0.25) is 0 Å². The summed E-state index contributed by atoms with van der Waals surface area (Å²) in [6, 6.07) is 22.3. The normalized spacial score (nSPS) is 19.2. The van der Waals surface area contributed by atoms with Crippen molar-refractivity contribution in [3.05, 3.63) is 88.4 Å². The Balaban J connectivity index is 1.33. The van der Waals surface area contributed by atoms with Crippen LogP contribution in [0.15, 0.2) is 71.6 Å². The molecule has 0 aromatic heterocycles. The third-order valence-electron chi connectivity index (χ3n) is 5.75. The number of fused-ring (bicyclic) bond motifs is 1. The number of aliphatic hydroxyl groups is 1. The van der Waals surface area contributed by atoms with E-state index in [4.69, 9.17) is 16.3 Å². The first kappa shape index (κ1) is 23.0. The molecule has 1 aliphatic rings. The average molecular weight is 469 g/mol. The van der Waals surface area contributed by atoms with Crippen LogP contribution in [0.25, 0.3) is 0 Å². The molecule has 4 rings (SSSR count). The average Bonchev–Trinajstić information content (AvgIpc) is 2.76. The van der Waals surface area contributed by atoms with Gasteiger partial charge in [0.25, 0.3) is 0 Å². The second kappa shape index (κ2) is 9.75. The highest BCUT2D eigenvalue weighted by molar-refractivity contribution is 8.00. The third-order valence-corrected chi connectivity index (χ3v) is 6.83. The molecule has 0 radical (unpaired) electrons. The van der Waals surface area contributed by atoms with Gasteiger partial charge in [0, 0.05) is 21.2 Å². The van der Waals surface area contributed by atoms with Gasteiger partial charge in [-0.15, -0.1) is 0 Å². The molecule has 3 aromatic rings. The van der Waals surface area contributed by atoms with Gasteiger partial charge in [0.05, 0.1) is 6.04 Å². The van der Waals surface area contributed by atoms with Crippen molar-refractivity contribution < 1.29 is 9.84 Å². The summed E-state index contributed by atoms with van der Waals surface area (Å²) >= 11 is 7.75. The van der Waals surface area contributed by atoms with Gasteiger partial charge in [0.15, 0.2) is 0 Å². The van der Waals surface area contributed by atoms with Crippen LogP contribution in [0, 0.1) is 6.92 Å². The minimum Gasteiger partial charge on any atom is -0.485 e. The lowest BCUT2D eigenvalue weighted by molar-refractivity contribution is -0.0643. The Bertz CT molecular complexity index is 1050. The molecule has 0 amide bonds. The van der Waals surface area contributed by atoms with E-state index in [-0.39, 0.29) is 6.04 Å². The maximum Gasteiger partial charge on any atom is 0.131 e. The fraction of sp³-hybridized carbons (Fsp3) is 0.308. The molecule has 3 N–H and O–H groups in total. The second-order valence-corrected chi connectivity index (χ2v) is 10.0. The number of hydrogen-bond acceptors (Lipinski definition) is 5. The minimum absolute atomic E-state index is 0.210.